The molecule has 1 aliphatic rings. The largest absolute Gasteiger partial charge is 0.356 e. The molecule has 0 saturated carbocycles. The highest BCUT2D eigenvalue weighted by Gasteiger charge is 2.24. The number of piperidine rings is 1. The molecule has 0 amide bonds. The van der Waals surface area contributed by atoms with Gasteiger partial charge in [-0.2, -0.15) is 0 Å². The molecule has 7 nitrogen and oxygen atoms in total. The minimum atomic E-state index is -0.0257. The van der Waals surface area contributed by atoms with E-state index in [2.05, 4.69) is 24.8 Å². The average molecular weight is 314 g/mol. The van der Waals surface area contributed by atoms with Crippen molar-refractivity contribution in [3.63, 3.8) is 0 Å². The number of anilines is 2. The van der Waals surface area contributed by atoms with Crippen molar-refractivity contribution >= 4 is 11.8 Å². The first-order valence-corrected chi connectivity index (χ1v) is 7.83. The normalized spacial score (nSPS) is 15.7. The van der Waals surface area contributed by atoms with Crippen LogP contribution in [0.1, 0.15) is 18.4 Å². The second kappa shape index (κ2) is 6.36. The standard InChI is InChI=1S/C16H22N6O/c1-12-9-17-16(18-10-12)21(3)13-4-6-22(7-5-13)14-8-15(23)20(2)11-19-14/h8-11,13H,4-7H2,1-3H3. The lowest BCUT2D eigenvalue weighted by Gasteiger charge is -2.37. The summed E-state index contributed by atoms with van der Waals surface area (Å²) in [6.45, 7) is 3.74. The molecule has 0 atom stereocenters. The van der Waals surface area contributed by atoms with Gasteiger partial charge in [-0.1, -0.05) is 0 Å². The van der Waals surface area contributed by atoms with Gasteiger partial charge in [0.05, 0.1) is 6.33 Å². The van der Waals surface area contributed by atoms with E-state index in [4.69, 9.17) is 0 Å². The van der Waals surface area contributed by atoms with Crippen LogP contribution >= 0.6 is 0 Å². The third kappa shape index (κ3) is 3.33. The lowest BCUT2D eigenvalue weighted by atomic mass is 10.0. The van der Waals surface area contributed by atoms with E-state index in [1.807, 2.05) is 26.4 Å². The first-order chi connectivity index (χ1) is 11.0. The molecule has 3 heterocycles. The van der Waals surface area contributed by atoms with Gasteiger partial charge < -0.3 is 14.4 Å². The Morgan fingerprint density at radius 2 is 1.83 bits per heavy atom. The van der Waals surface area contributed by atoms with Gasteiger partial charge in [0.2, 0.25) is 5.95 Å². The Balaban J connectivity index is 1.64. The Morgan fingerprint density at radius 3 is 2.43 bits per heavy atom. The fourth-order valence-electron chi connectivity index (χ4n) is 2.84. The maximum absolute atomic E-state index is 11.7. The second-order valence-electron chi connectivity index (χ2n) is 6.09. The smallest absolute Gasteiger partial charge is 0.255 e. The summed E-state index contributed by atoms with van der Waals surface area (Å²) in [6.07, 6.45) is 7.25. The summed E-state index contributed by atoms with van der Waals surface area (Å²) in [7, 11) is 3.75. The van der Waals surface area contributed by atoms with Crippen molar-refractivity contribution in [3.05, 3.63) is 40.7 Å². The van der Waals surface area contributed by atoms with Gasteiger partial charge >= 0.3 is 0 Å². The maximum atomic E-state index is 11.7. The maximum Gasteiger partial charge on any atom is 0.255 e. The van der Waals surface area contributed by atoms with Gasteiger partial charge in [0.15, 0.2) is 0 Å². The molecule has 0 aromatic carbocycles. The third-order valence-corrected chi connectivity index (χ3v) is 4.38. The van der Waals surface area contributed by atoms with E-state index in [1.54, 1.807) is 19.4 Å². The molecule has 1 saturated heterocycles. The van der Waals surface area contributed by atoms with Gasteiger partial charge in [0.1, 0.15) is 5.82 Å². The molecular formula is C16H22N6O. The molecule has 1 aliphatic heterocycles. The summed E-state index contributed by atoms with van der Waals surface area (Å²) >= 11 is 0. The summed E-state index contributed by atoms with van der Waals surface area (Å²) in [5.74, 6) is 1.53. The van der Waals surface area contributed by atoms with Crippen molar-refractivity contribution in [2.24, 2.45) is 7.05 Å². The highest BCUT2D eigenvalue weighted by atomic mass is 16.1. The molecule has 2 aromatic rings. The minimum absolute atomic E-state index is 0.0257. The molecule has 0 radical (unpaired) electrons. The van der Waals surface area contributed by atoms with Gasteiger partial charge in [-0.05, 0) is 25.3 Å². The summed E-state index contributed by atoms with van der Waals surface area (Å²) < 4.78 is 1.48. The second-order valence-corrected chi connectivity index (χ2v) is 6.09. The molecule has 0 unspecified atom stereocenters. The Labute approximate surface area is 135 Å². The molecule has 0 spiro atoms. The van der Waals surface area contributed by atoms with Crippen LogP contribution in [0.3, 0.4) is 0 Å². The molecule has 2 aromatic heterocycles. The van der Waals surface area contributed by atoms with E-state index in [-0.39, 0.29) is 5.56 Å². The van der Waals surface area contributed by atoms with E-state index >= 15 is 0 Å². The first kappa shape index (κ1) is 15.5. The molecule has 0 aliphatic carbocycles. The van der Waals surface area contributed by atoms with Crippen LogP contribution < -0.4 is 15.4 Å². The lowest BCUT2D eigenvalue weighted by molar-refractivity contribution is 0.474. The van der Waals surface area contributed by atoms with Gasteiger partial charge in [-0.15, -0.1) is 0 Å². The van der Waals surface area contributed by atoms with Crippen molar-refractivity contribution in [2.75, 3.05) is 29.9 Å². The van der Waals surface area contributed by atoms with Crippen molar-refractivity contribution in [2.45, 2.75) is 25.8 Å². The molecule has 0 N–H and O–H groups in total. The fraction of sp³-hybridized carbons (Fsp3) is 0.500. The molecule has 1 fully saturated rings. The van der Waals surface area contributed by atoms with E-state index in [9.17, 15) is 4.79 Å². The molecule has 23 heavy (non-hydrogen) atoms. The van der Waals surface area contributed by atoms with Gasteiger partial charge in [0.25, 0.3) is 5.56 Å². The topological polar surface area (TPSA) is 67.2 Å². The zero-order valence-corrected chi connectivity index (χ0v) is 13.8. The van der Waals surface area contributed by atoms with Crippen LogP contribution in [0, 0.1) is 6.92 Å². The molecule has 122 valence electrons. The number of hydrogen-bond donors (Lipinski definition) is 0. The van der Waals surface area contributed by atoms with Gasteiger partial charge in [-0.3, -0.25) is 4.79 Å². The van der Waals surface area contributed by atoms with Crippen LogP contribution in [0.2, 0.25) is 0 Å². The molecule has 3 rings (SSSR count). The fourth-order valence-corrected chi connectivity index (χ4v) is 2.84. The van der Waals surface area contributed by atoms with E-state index in [0.29, 0.717) is 6.04 Å². The number of hydrogen-bond acceptors (Lipinski definition) is 6. The van der Waals surface area contributed by atoms with Gasteiger partial charge in [0, 0.05) is 51.7 Å². The van der Waals surface area contributed by atoms with Crippen LogP contribution in [-0.4, -0.2) is 45.7 Å². The quantitative estimate of drug-likeness (QED) is 0.841. The van der Waals surface area contributed by atoms with Crippen molar-refractivity contribution in [1.29, 1.82) is 0 Å². The van der Waals surface area contributed by atoms with Crippen LogP contribution in [0.4, 0.5) is 11.8 Å². The van der Waals surface area contributed by atoms with E-state index in [0.717, 1.165) is 43.3 Å². The SMILES string of the molecule is Cc1cnc(N(C)C2CCN(c3cc(=O)n(C)cn3)CC2)nc1. The number of aryl methyl sites for hydroxylation is 2. The average Bonchev–Trinajstić information content (AvgIpc) is 2.57. The van der Waals surface area contributed by atoms with Crippen molar-refractivity contribution in [3.8, 4) is 0 Å². The highest BCUT2D eigenvalue weighted by Crippen LogP contribution is 2.21. The first-order valence-electron chi connectivity index (χ1n) is 7.83. The van der Waals surface area contributed by atoms with Crippen LogP contribution in [0.15, 0.2) is 29.6 Å². The molecule has 7 heteroatoms. The third-order valence-electron chi connectivity index (χ3n) is 4.38. The lowest BCUT2D eigenvalue weighted by Crippen LogP contribution is -2.44. The monoisotopic (exact) mass is 314 g/mol. The van der Waals surface area contributed by atoms with Crippen molar-refractivity contribution in [1.82, 2.24) is 19.5 Å². The summed E-state index contributed by atoms with van der Waals surface area (Å²) in [4.78, 5) is 29.2. The van der Waals surface area contributed by atoms with Crippen LogP contribution in [-0.2, 0) is 7.05 Å². The Hall–Kier alpha value is -2.44. The molecular weight excluding hydrogens is 292 g/mol. The number of aromatic nitrogens is 4. The zero-order chi connectivity index (χ0) is 16.4. The minimum Gasteiger partial charge on any atom is -0.356 e. The number of rotatable bonds is 3. The Morgan fingerprint density at radius 1 is 1.17 bits per heavy atom. The highest BCUT2D eigenvalue weighted by molar-refractivity contribution is 5.38. The number of nitrogens with zero attached hydrogens (tertiary/aromatic N) is 6. The van der Waals surface area contributed by atoms with E-state index < -0.39 is 0 Å². The summed E-state index contributed by atoms with van der Waals surface area (Å²) in [5.41, 5.74) is 1.04. The predicted molar refractivity (Wildman–Crippen MR) is 89.9 cm³/mol. The van der Waals surface area contributed by atoms with Crippen molar-refractivity contribution < 1.29 is 0 Å². The summed E-state index contributed by atoms with van der Waals surface area (Å²) in [6, 6.07) is 2.01. The van der Waals surface area contributed by atoms with Gasteiger partial charge in [-0.25, -0.2) is 15.0 Å². The Bertz CT molecular complexity index is 718. The zero-order valence-electron chi connectivity index (χ0n) is 13.8. The van der Waals surface area contributed by atoms with Crippen LogP contribution in [0.5, 0.6) is 0 Å². The molecule has 0 bridgehead atoms. The van der Waals surface area contributed by atoms with E-state index in [1.165, 1.54) is 4.57 Å². The van der Waals surface area contributed by atoms with Crippen LogP contribution in [0.25, 0.3) is 0 Å². The summed E-state index contributed by atoms with van der Waals surface area (Å²) in [5, 5.41) is 0. The Kier molecular flexibility index (Phi) is 4.27. The predicted octanol–water partition coefficient (Wildman–Crippen LogP) is 0.984.